The van der Waals surface area contributed by atoms with Crippen molar-refractivity contribution in [2.24, 2.45) is 0 Å². The van der Waals surface area contributed by atoms with E-state index in [-0.39, 0.29) is 17.0 Å². The maximum Gasteiger partial charge on any atom is 0.308 e. The van der Waals surface area contributed by atoms with Gasteiger partial charge in [-0.25, -0.2) is 0 Å². The first-order chi connectivity index (χ1) is 10.5. The number of ether oxygens (including phenoxy) is 1. The number of allylic oxidation sites excluding steroid dienone is 2. The molecule has 0 unspecified atom stereocenters. The highest BCUT2D eigenvalue weighted by Crippen LogP contribution is 2.39. The van der Waals surface area contributed by atoms with Gasteiger partial charge >= 0.3 is 5.97 Å². The minimum absolute atomic E-state index is 0.0982. The van der Waals surface area contributed by atoms with Crippen LogP contribution in [0.3, 0.4) is 0 Å². The van der Waals surface area contributed by atoms with Crippen molar-refractivity contribution >= 4 is 22.8 Å². The molecule has 1 aromatic carbocycles. The number of esters is 1. The Morgan fingerprint density at radius 1 is 1.18 bits per heavy atom. The van der Waals surface area contributed by atoms with Gasteiger partial charge in [0.25, 0.3) is 0 Å². The third-order valence-corrected chi connectivity index (χ3v) is 4.61. The van der Waals surface area contributed by atoms with Crippen LogP contribution in [0.4, 0.5) is 0 Å². The van der Waals surface area contributed by atoms with Crippen molar-refractivity contribution in [3.63, 3.8) is 0 Å². The Morgan fingerprint density at radius 3 is 2.32 bits per heavy atom. The molecule has 1 aromatic rings. The van der Waals surface area contributed by atoms with E-state index >= 15 is 0 Å². The minimum Gasteiger partial charge on any atom is -0.427 e. The summed E-state index contributed by atoms with van der Waals surface area (Å²) >= 11 is 1.31. The lowest BCUT2D eigenvalue weighted by atomic mass is 9.87. The van der Waals surface area contributed by atoms with E-state index in [0.29, 0.717) is 5.75 Å². The Kier molecular flexibility index (Phi) is 5.61. The summed E-state index contributed by atoms with van der Waals surface area (Å²) in [5.41, 5.74) is 2.46. The van der Waals surface area contributed by atoms with Crippen molar-refractivity contribution in [2.45, 2.75) is 39.5 Å². The van der Waals surface area contributed by atoms with E-state index in [1.165, 1.54) is 29.8 Å². The zero-order chi connectivity index (χ0) is 16.1. The van der Waals surface area contributed by atoms with E-state index in [4.69, 9.17) is 4.74 Å². The van der Waals surface area contributed by atoms with Crippen LogP contribution in [0, 0.1) is 0 Å². The number of rotatable bonds is 5. The van der Waals surface area contributed by atoms with Crippen molar-refractivity contribution in [3.8, 4) is 5.75 Å². The molecule has 1 atom stereocenters. The fourth-order valence-corrected chi connectivity index (χ4v) is 3.61. The van der Waals surface area contributed by atoms with Crippen LogP contribution < -0.4 is 4.74 Å². The van der Waals surface area contributed by atoms with E-state index in [0.717, 1.165) is 17.7 Å². The van der Waals surface area contributed by atoms with Gasteiger partial charge in [0.15, 0.2) is 0 Å². The van der Waals surface area contributed by atoms with Crippen molar-refractivity contribution in [1.29, 1.82) is 0 Å². The normalized spacial score (nSPS) is 17.5. The summed E-state index contributed by atoms with van der Waals surface area (Å²) in [5.74, 6) is 0.513. The summed E-state index contributed by atoms with van der Waals surface area (Å²) in [6.45, 7) is 5.66. The highest BCUT2D eigenvalue weighted by atomic mass is 32.2. The summed E-state index contributed by atoms with van der Waals surface area (Å²) in [7, 11) is 0. The quantitative estimate of drug-likeness (QED) is 0.588. The van der Waals surface area contributed by atoms with Crippen LogP contribution in [0.5, 0.6) is 5.75 Å². The highest BCUT2D eigenvalue weighted by molar-refractivity contribution is 8.17. The molecule has 0 amide bonds. The van der Waals surface area contributed by atoms with Crippen molar-refractivity contribution in [2.75, 3.05) is 0 Å². The molecule has 0 aromatic heterocycles. The maximum atomic E-state index is 11.5. The molecule has 1 aliphatic heterocycles. The van der Waals surface area contributed by atoms with Crippen LogP contribution in [0.2, 0.25) is 0 Å². The van der Waals surface area contributed by atoms with Crippen LogP contribution in [0.15, 0.2) is 46.9 Å². The molecule has 1 heterocycles. The van der Waals surface area contributed by atoms with Crippen LogP contribution in [0.25, 0.3) is 0 Å². The zero-order valence-corrected chi connectivity index (χ0v) is 13.9. The molecule has 0 spiro atoms. The lowest BCUT2D eigenvalue weighted by Crippen LogP contribution is -2.04. The third kappa shape index (κ3) is 3.89. The molecule has 0 bridgehead atoms. The summed E-state index contributed by atoms with van der Waals surface area (Å²) in [6.07, 6.45) is 5.42. The van der Waals surface area contributed by atoms with Gasteiger partial charge in [-0.1, -0.05) is 26.0 Å². The van der Waals surface area contributed by atoms with Gasteiger partial charge in [-0.3, -0.25) is 9.59 Å². The Bertz CT molecular complexity index is 626. The number of thioether (sulfide) groups is 1. The molecule has 116 valence electrons. The molecule has 0 N–H and O–H groups in total. The standard InChI is InChI=1S/C18H20O3S/c1-4-15(16(5-2)17-10-11-18(20)22-17)13-6-8-14(9-7-13)21-12(3)19/h6-11,15H,4-5H2,1-3H3/b17-16+/t15-/m0/s1. The molecule has 0 aliphatic carbocycles. The highest BCUT2D eigenvalue weighted by Gasteiger charge is 2.21. The van der Waals surface area contributed by atoms with Gasteiger partial charge in [-0.15, -0.1) is 0 Å². The molecule has 0 radical (unpaired) electrons. The SMILES string of the molecule is CC/C(=C1/C=CC(=O)S1)[C@@H](CC)c1ccc(OC(C)=O)cc1. The van der Waals surface area contributed by atoms with Crippen molar-refractivity contribution in [3.05, 3.63) is 52.5 Å². The molecular weight excluding hydrogens is 296 g/mol. The third-order valence-electron chi connectivity index (χ3n) is 3.65. The average Bonchev–Trinajstić information content (AvgIpc) is 2.91. The summed E-state index contributed by atoms with van der Waals surface area (Å²) in [4.78, 5) is 23.5. The summed E-state index contributed by atoms with van der Waals surface area (Å²) in [5, 5.41) is 0.0982. The van der Waals surface area contributed by atoms with Gasteiger partial charge < -0.3 is 4.74 Å². The van der Waals surface area contributed by atoms with Crippen LogP contribution >= 0.6 is 11.8 Å². The van der Waals surface area contributed by atoms with Gasteiger partial charge in [0.1, 0.15) is 5.75 Å². The topological polar surface area (TPSA) is 43.4 Å². The van der Waals surface area contributed by atoms with Gasteiger partial charge in [0.05, 0.1) is 0 Å². The summed E-state index contributed by atoms with van der Waals surface area (Å²) < 4.78 is 5.07. The van der Waals surface area contributed by atoms with Gasteiger partial charge in [0, 0.05) is 17.7 Å². The van der Waals surface area contributed by atoms with Gasteiger partial charge in [-0.2, -0.15) is 0 Å². The van der Waals surface area contributed by atoms with E-state index in [1.807, 2.05) is 30.3 Å². The van der Waals surface area contributed by atoms with Crippen LogP contribution in [-0.4, -0.2) is 11.1 Å². The second-order valence-electron chi connectivity index (χ2n) is 5.12. The number of hydrogen-bond donors (Lipinski definition) is 0. The van der Waals surface area contributed by atoms with Crippen LogP contribution in [-0.2, 0) is 9.59 Å². The monoisotopic (exact) mass is 316 g/mol. The first kappa shape index (κ1) is 16.6. The largest absolute Gasteiger partial charge is 0.427 e. The second-order valence-corrected chi connectivity index (χ2v) is 6.17. The molecular formula is C18H20O3S. The Balaban J connectivity index is 2.29. The predicted octanol–water partition coefficient (Wildman–Crippen LogP) is 4.60. The van der Waals surface area contributed by atoms with Gasteiger partial charge in [-0.05, 0) is 60.0 Å². The Labute approximate surface area is 135 Å². The molecule has 3 nitrogen and oxygen atoms in total. The number of hydrogen-bond acceptors (Lipinski definition) is 4. The fourth-order valence-electron chi connectivity index (χ4n) is 2.70. The fraction of sp³-hybridized carbons (Fsp3) is 0.333. The van der Waals surface area contributed by atoms with E-state index in [9.17, 15) is 9.59 Å². The molecule has 1 aliphatic rings. The number of benzene rings is 1. The average molecular weight is 316 g/mol. The molecule has 0 saturated carbocycles. The van der Waals surface area contributed by atoms with Crippen molar-refractivity contribution < 1.29 is 14.3 Å². The molecule has 4 heteroatoms. The smallest absolute Gasteiger partial charge is 0.308 e. The first-order valence-electron chi connectivity index (χ1n) is 7.46. The molecule has 22 heavy (non-hydrogen) atoms. The molecule has 0 fully saturated rings. The predicted molar refractivity (Wildman–Crippen MR) is 89.8 cm³/mol. The number of carbonyl (C=O) groups is 2. The minimum atomic E-state index is -0.317. The second kappa shape index (κ2) is 7.45. The number of carbonyl (C=O) groups excluding carboxylic acids is 2. The lowest BCUT2D eigenvalue weighted by Gasteiger charge is -2.20. The summed E-state index contributed by atoms with van der Waals surface area (Å²) in [6, 6.07) is 7.63. The van der Waals surface area contributed by atoms with E-state index in [2.05, 4.69) is 13.8 Å². The van der Waals surface area contributed by atoms with Crippen molar-refractivity contribution in [1.82, 2.24) is 0 Å². The maximum absolute atomic E-state index is 11.5. The lowest BCUT2D eigenvalue weighted by molar-refractivity contribution is -0.131. The Hall–Kier alpha value is -1.81. The first-order valence-corrected chi connectivity index (χ1v) is 8.28. The van der Waals surface area contributed by atoms with Gasteiger partial charge in [0.2, 0.25) is 5.12 Å². The van der Waals surface area contributed by atoms with E-state index < -0.39 is 0 Å². The molecule has 2 rings (SSSR count). The van der Waals surface area contributed by atoms with E-state index in [1.54, 1.807) is 6.08 Å². The Morgan fingerprint density at radius 2 is 1.86 bits per heavy atom. The zero-order valence-electron chi connectivity index (χ0n) is 13.1. The van der Waals surface area contributed by atoms with Crippen LogP contribution in [0.1, 0.15) is 45.1 Å². The molecule has 0 saturated heterocycles.